The molecule has 1 N–H and O–H groups in total. The van der Waals surface area contributed by atoms with E-state index in [4.69, 9.17) is 4.74 Å². The van der Waals surface area contributed by atoms with Crippen LogP contribution in [0.25, 0.3) is 0 Å². The second-order valence-electron chi connectivity index (χ2n) is 5.35. The van der Waals surface area contributed by atoms with Crippen LogP contribution in [0.2, 0.25) is 0 Å². The minimum atomic E-state index is -4.45. The molecular formula is C17H13F3N2O5. The van der Waals surface area contributed by atoms with Gasteiger partial charge in [-0.1, -0.05) is 18.2 Å². The van der Waals surface area contributed by atoms with Gasteiger partial charge in [0.25, 0.3) is 11.6 Å². The van der Waals surface area contributed by atoms with E-state index >= 15 is 0 Å². The summed E-state index contributed by atoms with van der Waals surface area (Å²) in [6.45, 7) is -0.758. The van der Waals surface area contributed by atoms with E-state index in [-0.39, 0.29) is 17.9 Å². The lowest BCUT2D eigenvalue weighted by Gasteiger charge is -2.09. The minimum absolute atomic E-state index is 0.000241. The summed E-state index contributed by atoms with van der Waals surface area (Å²) in [6, 6.07) is 9.04. The molecule has 0 saturated carbocycles. The summed E-state index contributed by atoms with van der Waals surface area (Å²) in [7, 11) is 0. The Hall–Kier alpha value is -3.43. The molecule has 0 spiro atoms. The van der Waals surface area contributed by atoms with Gasteiger partial charge in [0.2, 0.25) is 0 Å². The van der Waals surface area contributed by atoms with Crippen molar-refractivity contribution in [2.75, 3.05) is 6.54 Å². The third-order valence-corrected chi connectivity index (χ3v) is 3.39. The number of carbonyl (C=O) groups excluding carboxylic acids is 2. The number of ether oxygens (including phenoxy) is 1. The van der Waals surface area contributed by atoms with Crippen LogP contribution in [0.5, 0.6) is 0 Å². The van der Waals surface area contributed by atoms with Crippen molar-refractivity contribution < 1.29 is 32.4 Å². The summed E-state index contributed by atoms with van der Waals surface area (Å²) in [6.07, 6.45) is -4.45. The van der Waals surface area contributed by atoms with Gasteiger partial charge in [-0.3, -0.25) is 19.7 Å². The molecule has 0 aromatic heterocycles. The lowest BCUT2D eigenvalue weighted by molar-refractivity contribution is -0.384. The number of nitrogens with one attached hydrogen (secondary N) is 1. The zero-order chi connectivity index (χ0) is 20.0. The van der Waals surface area contributed by atoms with Crippen LogP contribution in [-0.2, 0) is 22.3 Å². The Morgan fingerprint density at radius 1 is 1.11 bits per heavy atom. The number of esters is 1. The average Bonchev–Trinajstić information content (AvgIpc) is 2.64. The Labute approximate surface area is 150 Å². The Balaban J connectivity index is 1.83. The Morgan fingerprint density at radius 3 is 2.37 bits per heavy atom. The highest BCUT2D eigenvalue weighted by Gasteiger charge is 2.29. The maximum atomic E-state index is 12.5. The van der Waals surface area contributed by atoms with Gasteiger partial charge >= 0.3 is 12.1 Å². The maximum absolute atomic E-state index is 12.5. The number of rotatable bonds is 6. The van der Waals surface area contributed by atoms with Gasteiger partial charge in [-0.25, -0.2) is 0 Å². The lowest BCUT2D eigenvalue weighted by atomic mass is 10.1. The summed E-state index contributed by atoms with van der Waals surface area (Å²) in [5.74, 6) is -1.51. The van der Waals surface area contributed by atoms with Crippen molar-refractivity contribution in [3.8, 4) is 0 Å². The molecule has 0 heterocycles. The number of benzene rings is 2. The maximum Gasteiger partial charge on any atom is 0.416 e. The first-order valence-electron chi connectivity index (χ1n) is 7.51. The van der Waals surface area contributed by atoms with E-state index in [2.05, 4.69) is 5.32 Å². The van der Waals surface area contributed by atoms with Crippen molar-refractivity contribution in [3.63, 3.8) is 0 Å². The topological polar surface area (TPSA) is 98.5 Å². The van der Waals surface area contributed by atoms with Crippen molar-refractivity contribution >= 4 is 17.6 Å². The predicted molar refractivity (Wildman–Crippen MR) is 86.7 cm³/mol. The summed E-state index contributed by atoms with van der Waals surface area (Å²) < 4.78 is 42.2. The summed E-state index contributed by atoms with van der Waals surface area (Å²) in [4.78, 5) is 33.5. The van der Waals surface area contributed by atoms with Crippen molar-refractivity contribution in [1.29, 1.82) is 0 Å². The van der Waals surface area contributed by atoms with E-state index in [0.717, 1.165) is 18.2 Å². The molecule has 0 saturated heterocycles. The molecule has 7 nitrogen and oxygen atoms in total. The number of alkyl halides is 3. The largest absolute Gasteiger partial charge is 0.460 e. The first-order valence-corrected chi connectivity index (χ1v) is 7.51. The quantitative estimate of drug-likeness (QED) is 0.470. The van der Waals surface area contributed by atoms with Crippen LogP contribution in [0, 0.1) is 10.1 Å². The number of amides is 1. The van der Waals surface area contributed by atoms with E-state index in [1.165, 1.54) is 30.3 Å². The van der Waals surface area contributed by atoms with Crippen LogP contribution < -0.4 is 5.32 Å². The first-order chi connectivity index (χ1) is 12.7. The standard InChI is InChI=1S/C17H13F3N2O5/c18-17(19,20)13-6-4-11(5-7-13)10-27-15(23)9-21-16(24)12-2-1-3-14(8-12)22(25)26/h1-8H,9-10H2,(H,21,24). The summed E-state index contributed by atoms with van der Waals surface area (Å²) in [5, 5.41) is 12.9. The number of hydrogen-bond acceptors (Lipinski definition) is 5. The predicted octanol–water partition coefficient (Wildman–Crippen LogP) is 3.09. The molecule has 2 rings (SSSR count). The van der Waals surface area contributed by atoms with Crippen molar-refractivity contribution in [2.45, 2.75) is 12.8 Å². The second-order valence-corrected chi connectivity index (χ2v) is 5.35. The van der Waals surface area contributed by atoms with Crippen LogP contribution in [0.4, 0.5) is 18.9 Å². The third kappa shape index (κ3) is 5.80. The fourth-order valence-corrected chi connectivity index (χ4v) is 2.02. The molecule has 0 aliphatic carbocycles. The highest BCUT2D eigenvalue weighted by molar-refractivity contribution is 5.96. The monoisotopic (exact) mass is 382 g/mol. The second kappa shape index (κ2) is 8.30. The van der Waals surface area contributed by atoms with Gasteiger partial charge in [-0.15, -0.1) is 0 Å². The summed E-state index contributed by atoms with van der Waals surface area (Å²) >= 11 is 0. The Kier molecular flexibility index (Phi) is 6.11. The molecule has 142 valence electrons. The molecular weight excluding hydrogens is 369 g/mol. The zero-order valence-corrected chi connectivity index (χ0v) is 13.7. The van der Waals surface area contributed by atoms with Gasteiger partial charge in [-0.05, 0) is 23.8 Å². The highest BCUT2D eigenvalue weighted by atomic mass is 19.4. The molecule has 0 aliphatic rings. The SMILES string of the molecule is O=C(CNC(=O)c1cccc([N+](=O)[O-])c1)OCc1ccc(C(F)(F)F)cc1. The van der Waals surface area contributed by atoms with E-state index in [9.17, 15) is 32.9 Å². The van der Waals surface area contributed by atoms with Gasteiger partial charge in [-0.2, -0.15) is 13.2 Å². The molecule has 0 bridgehead atoms. The molecule has 0 fully saturated rings. The molecule has 0 atom stereocenters. The molecule has 27 heavy (non-hydrogen) atoms. The van der Waals surface area contributed by atoms with Gasteiger partial charge in [0.15, 0.2) is 0 Å². The van der Waals surface area contributed by atoms with E-state index in [1.807, 2.05) is 0 Å². The number of nitro benzene ring substituents is 1. The number of nitrogens with zero attached hydrogens (tertiary/aromatic N) is 1. The Morgan fingerprint density at radius 2 is 1.78 bits per heavy atom. The van der Waals surface area contributed by atoms with Crippen LogP contribution in [0.1, 0.15) is 21.5 Å². The number of nitro groups is 1. The van der Waals surface area contributed by atoms with Crippen LogP contribution in [0.3, 0.4) is 0 Å². The van der Waals surface area contributed by atoms with Gasteiger partial charge < -0.3 is 10.1 Å². The van der Waals surface area contributed by atoms with Gasteiger partial charge in [0, 0.05) is 17.7 Å². The third-order valence-electron chi connectivity index (χ3n) is 3.39. The van der Waals surface area contributed by atoms with Gasteiger partial charge in [0.05, 0.1) is 10.5 Å². The van der Waals surface area contributed by atoms with Crippen LogP contribution >= 0.6 is 0 Å². The smallest absolute Gasteiger partial charge is 0.416 e. The molecule has 0 aliphatic heterocycles. The van der Waals surface area contributed by atoms with Gasteiger partial charge in [0.1, 0.15) is 13.2 Å². The molecule has 1 amide bonds. The fourth-order valence-electron chi connectivity index (χ4n) is 2.02. The Bertz CT molecular complexity index is 850. The van der Waals surface area contributed by atoms with Crippen LogP contribution in [-0.4, -0.2) is 23.3 Å². The first kappa shape index (κ1) is 19.9. The minimum Gasteiger partial charge on any atom is -0.460 e. The fraction of sp³-hybridized carbons (Fsp3) is 0.176. The van der Waals surface area contributed by atoms with E-state index in [0.29, 0.717) is 5.56 Å². The molecule has 0 unspecified atom stereocenters. The van der Waals surface area contributed by atoms with Crippen molar-refractivity contribution in [3.05, 3.63) is 75.3 Å². The number of non-ortho nitro benzene ring substituents is 1. The number of halogens is 3. The molecule has 2 aromatic rings. The summed E-state index contributed by atoms with van der Waals surface area (Å²) in [5.41, 5.74) is -0.740. The molecule has 2 aromatic carbocycles. The zero-order valence-electron chi connectivity index (χ0n) is 13.7. The van der Waals surface area contributed by atoms with Crippen molar-refractivity contribution in [1.82, 2.24) is 5.32 Å². The normalized spacial score (nSPS) is 10.9. The van der Waals surface area contributed by atoms with Crippen molar-refractivity contribution in [2.24, 2.45) is 0 Å². The van der Waals surface area contributed by atoms with E-state index in [1.54, 1.807) is 0 Å². The highest BCUT2D eigenvalue weighted by Crippen LogP contribution is 2.29. The van der Waals surface area contributed by atoms with Crippen LogP contribution in [0.15, 0.2) is 48.5 Å². The number of carbonyl (C=O) groups is 2. The molecule has 0 radical (unpaired) electrons. The lowest BCUT2D eigenvalue weighted by Crippen LogP contribution is -2.30. The number of hydrogen-bond donors (Lipinski definition) is 1. The average molecular weight is 382 g/mol. The molecule has 10 heteroatoms. The van der Waals surface area contributed by atoms with E-state index < -0.39 is 35.1 Å².